The molecule has 0 heterocycles. The number of carbonyl (C=O) groups excluding carboxylic acids is 1. The van der Waals surface area contributed by atoms with Crippen molar-refractivity contribution >= 4 is 17.6 Å². The van der Waals surface area contributed by atoms with Crippen LogP contribution in [-0.2, 0) is 11.0 Å². The van der Waals surface area contributed by atoms with Crippen LogP contribution in [0.1, 0.15) is 28.8 Å². The van der Waals surface area contributed by atoms with Crippen LogP contribution in [0.25, 0.3) is 0 Å². The summed E-state index contributed by atoms with van der Waals surface area (Å²) in [4.78, 5) is 21.5. The number of hydrogen-bond donors (Lipinski definition) is 3. The Hall–Kier alpha value is -2.25. The maximum absolute atomic E-state index is 12.5. The summed E-state index contributed by atoms with van der Waals surface area (Å²) in [5.74, 6) is -1.97. The number of carboxylic acid groups (broad SMARTS) is 1. The lowest BCUT2D eigenvalue weighted by atomic mass is 10.1. The highest BCUT2D eigenvalue weighted by Gasteiger charge is 2.31. The van der Waals surface area contributed by atoms with E-state index in [1.165, 1.54) is 0 Å². The molecule has 0 atom stereocenters. The number of carboxylic acids is 1. The maximum Gasteiger partial charge on any atom is 0.416 e. The summed E-state index contributed by atoms with van der Waals surface area (Å²) in [6.07, 6.45) is -4.37. The molecule has 8 heteroatoms. The van der Waals surface area contributed by atoms with Gasteiger partial charge < -0.3 is 16.2 Å². The van der Waals surface area contributed by atoms with E-state index in [1.807, 2.05) is 0 Å². The molecule has 0 aliphatic heterocycles. The fraction of sp³-hybridized carbons (Fsp3) is 0.333. The number of nitrogens with one attached hydrogen (secondary N) is 1. The summed E-state index contributed by atoms with van der Waals surface area (Å²) in [5.41, 5.74) is 3.94. The van der Waals surface area contributed by atoms with Crippen LogP contribution in [0.15, 0.2) is 18.2 Å². The first kappa shape index (κ1) is 15.8. The van der Waals surface area contributed by atoms with Gasteiger partial charge >= 0.3 is 12.1 Å². The van der Waals surface area contributed by atoms with Crippen molar-refractivity contribution in [3.8, 4) is 0 Å². The van der Waals surface area contributed by atoms with Crippen LogP contribution in [0.4, 0.5) is 18.9 Å². The number of amides is 1. The van der Waals surface area contributed by atoms with Gasteiger partial charge in [-0.3, -0.25) is 9.59 Å². The molecule has 4 N–H and O–H groups in total. The summed E-state index contributed by atoms with van der Waals surface area (Å²) in [6, 6.07) is 2.59. The second kappa shape index (κ2) is 6.27. The van der Waals surface area contributed by atoms with Gasteiger partial charge in [0.2, 0.25) is 0 Å². The van der Waals surface area contributed by atoms with Crippen LogP contribution in [0.5, 0.6) is 0 Å². The normalized spacial score (nSPS) is 11.2. The first-order valence-electron chi connectivity index (χ1n) is 5.68. The lowest BCUT2D eigenvalue weighted by Crippen LogP contribution is -2.17. The molecule has 0 aliphatic rings. The molecule has 0 radical (unpaired) electrons. The highest BCUT2D eigenvalue weighted by molar-refractivity contribution is 5.98. The Labute approximate surface area is 112 Å². The zero-order chi connectivity index (χ0) is 15.3. The fourth-order valence-corrected chi connectivity index (χ4v) is 1.54. The molecule has 0 saturated heterocycles. The number of anilines is 1. The minimum Gasteiger partial charge on any atom is -0.481 e. The number of rotatable bonds is 6. The number of hydrogen-bond acceptors (Lipinski definition) is 3. The summed E-state index contributed by atoms with van der Waals surface area (Å²) in [5, 5.41) is 11.1. The van der Waals surface area contributed by atoms with Crippen molar-refractivity contribution < 1.29 is 27.9 Å². The molecule has 0 aliphatic carbocycles. The molecule has 0 unspecified atom stereocenters. The van der Waals surface area contributed by atoms with Gasteiger partial charge in [-0.1, -0.05) is 0 Å². The van der Waals surface area contributed by atoms with Gasteiger partial charge in [-0.2, -0.15) is 13.2 Å². The molecule has 5 nitrogen and oxygen atoms in total. The number of benzene rings is 1. The molecule has 0 saturated carbocycles. The van der Waals surface area contributed by atoms with Crippen LogP contribution in [0.3, 0.4) is 0 Å². The zero-order valence-electron chi connectivity index (χ0n) is 10.3. The predicted molar refractivity (Wildman–Crippen MR) is 65.3 cm³/mol. The maximum atomic E-state index is 12.5. The second-order valence-electron chi connectivity index (χ2n) is 4.05. The van der Waals surface area contributed by atoms with E-state index < -0.39 is 23.6 Å². The summed E-state index contributed by atoms with van der Waals surface area (Å²) < 4.78 is 37.6. The number of alkyl halides is 3. The van der Waals surface area contributed by atoms with Crippen LogP contribution in [-0.4, -0.2) is 23.5 Å². The van der Waals surface area contributed by atoms with Gasteiger partial charge in [0.05, 0.1) is 11.1 Å². The van der Waals surface area contributed by atoms with E-state index in [0.29, 0.717) is 6.07 Å². The van der Waals surface area contributed by atoms with Crippen molar-refractivity contribution in [2.45, 2.75) is 19.0 Å². The second-order valence-corrected chi connectivity index (χ2v) is 4.05. The smallest absolute Gasteiger partial charge is 0.416 e. The van der Waals surface area contributed by atoms with Gasteiger partial charge in [0.15, 0.2) is 0 Å². The third-order valence-corrected chi connectivity index (χ3v) is 2.50. The number of halogens is 3. The lowest BCUT2D eigenvalue weighted by molar-refractivity contribution is -0.138. The molecule has 1 aromatic rings. The molecule has 1 aromatic carbocycles. The zero-order valence-corrected chi connectivity index (χ0v) is 10.3. The minimum absolute atomic E-state index is 0.0838. The van der Waals surface area contributed by atoms with Crippen molar-refractivity contribution in [3.63, 3.8) is 0 Å². The lowest BCUT2D eigenvalue weighted by Gasteiger charge is -2.13. The summed E-state index contributed by atoms with van der Waals surface area (Å²) in [7, 11) is 0. The molecular formula is C12H13F3N2O3. The Morgan fingerprint density at radius 2 is 1.95 bits per heavy atom. The van der Waals surface area contributed by atoms with E-state index in [-0.39, 0.29) is 30.6 Å². The topological polar surface area (TPSA) is 92.4 Å². The van der Waals surface area contributed by atoms with Gasteiger partial charge in [-0.15, -0.1) is 0 Å². The third-order valence-electron chi connectivity index (χ3n) is 2.50. The Balaban J connectivity index is 2.86. The molecule has 0 bridgehead atoms. The average molecular weight is 290 g/mol. The Morgan fingerprint density at radius 1 is 1.30 bits per heavy atom. The van der Waals surface area contributed by atoms with Gasteiger partial charge in [-0.25, -0.2) is 0 Å². The Kier molecular flexibility index (Phi) is 4.95. The summed E-state index contributed by atoms with van der Waals surface area (Å²) >= 11 is 0. The molecule has 20 heavy (non-hydrogen) atoms. The van der Waals surface area contributed by atoms with Crippen LogP contribution in [0, 0.1) is 0 Å². The van der Waals surface area contributed by atoms with E-state index in [4.69, 9.17) is 10.8 Å². The van der Waals surface area contributed by atoms with Crippen molar-refractivity contribution in [2.75, 3.05) is 11.9 Å². The third kappa shape index (κ3) is 4.45. The Bertz CT molecular complexity index is 515. The standard InChI is InChI=1S/C12H13F3N2O3/c13-12(14,15)7-3-4-9(8(6-7)11(16)20)17-5-1-2-10(18)19/h3-4,6,17H,1-2,5H2,(H2,16,20)(H,18,19). The monoisotopic (exact) mass is 290 g/mol. The van der Waals surface area contributed by atoms with Crippen LogP contribution in [0.2, 0.25) is 0 Å². The molecule has 1 amide bonds. The van der Waals surface area contributed by atoms with Gasteiger partial charge in [0.25, 0.3) is 5.91 Å². The van der Waals surface area contributed by atoms with E-state index in [2.05, 4.69) is 5.32 Å². The van der Waals surface area contributed by atoms with Crippen molar-refractivity contribution in [1.29, 1.82) is 0 Å². The van der Waals surface area contributed by atoms with Gasteiger partial charge in [0.1, 0.15) is 0 Å². The SMILES string of the molecule is NC(=O)c1cc(C(F)(F)F)ccc1NCCCC(=O)O. The first-order chi connectivity index (χ1) is 9.21. The highest BCUT2D eigenvalue weighted by Crippen LogP contribution is 2.31. The minimum atomic E-state index is -4.56. The molecule has 1 rings (SSSR count). The molecule has 0 fully saturated rings. The van der Waals surface area contributed by atoms with E-state index in [1.54, 1.807) is 0 Å². The van der Waals surface area contributed by atoms with Gasteiger partial charge in [0, 0.05) is 18.7 Å². The number of carbonyl (C=O) groups is 2. The highest BCUT2D eigenvalue weighted by atomic mass is 19.4. The van der Waals surface area contributed by atoms with Crippen molar-refractivity contribution in [2.24, 2.45) is 5.73 Å². The molecule has 0 aromatic heterocycles. The first-order valence-corrected chi connectivity index (χ1v) is 5.68. The number of primary amides is 1. The van der Waals surface area contributed by atoms with Crippen LogP contribution >= 0.6 is 0 Å². The quantitative estimate of drug-likeness (QED) is 0.699. The molecule has 0 spiro atoms. The molecular weight excluding hydrogens is 277 g/mol. The van der Waals surface area contributed by atoms with Gasteiger partial charge in [-0.05, 0) is 24.6 Å². The van der Waals surface area contributed by atoms with Crippen molar-refractivity contribution in [1.82, 2.24) is 0 Å². The number of nitrogens with two attached hydrogens (primary N) is 1. The summed E-state index contributed by atoms with van der Waals surface area (Å²) in [6.45, 7) is 0.206. The Morgan fingerprint density at radius 3 is 2.45 bits per heavy atom. The predicted octanol–water partition coefficient (Wildman–Crippen LogP) is 2.08. The van der Waals surface area contributed by atoms with E-state index >= 15 is 0 Å². The molecule has 110 valence electrons. The number of aliphatic carboxylic acids is 1. The van der Waals surface area contributed by atoms with E-state index in [9.17, 15) is 22.8 Å². The van der Waals surface area contributed by atoms with E-state index in [0.717, 1.165) is 12.1 Å². The van der Waals surface area contributed by atoms with Crippen LogP contribution < -0.4 is 11.1 Å². The average Bonchev–Trinajstić information content (AvgIpc) is 2.33. The largest absolute Gasteiger partial charge is 0.481 e. The van der Waals surface area contributed by atoms with Crippen molar-refractivity contribution in [3.05, 3.63) is 29.3 Å². The fourth-order valence-electron chi connectivity index (χ4n) is 1.54.